The number of nitrogens with two attached hydrogens (primary N) is 1. The Labute approximate surface area is 83.4 Å². The van der Waals surface area contributed by atoms with Crippen LogP contribution in [-0.2, 0) is 16.1 Å². The molecule has 1 aromatic rings. The highest BCUT2D eigenvalue weighted by molar-refractivity contribution is 7.05. The molecular weight excluding hydrogens is 208 g/mol. The lowest BCUT2D eigenvalue weighted by atomic mass is 10.5. The van der Waals surface area contributed by atoms with Gasteiger partial charge in [0.15, 0.2) is 6.21 Å². The van der Waals surface area contributed by atoms with E-state index in [0.717, 1.165) is 5.01 Å². The summed E-state index contributed by atoms with van der Waals surface area (Å²) in [5, 5.41) is 12.1. The molecule has 0 saturated carbocycles. The molecule has 0 spiro atoms. The lowest BCUT2D eigenvalue weighted by Gasteiger charge is -1.93. The number of anilines is 1. The van der Waals surface area contributed by atoms with Crippen molar-refractivity contribution in [3.63, 3.8) is 0 Å². The number of nitrogens with zero attached hydrogens (tertiary/aromatic N) is 3. The molecule has 3 N–H and O–H groups in total. The van der Waals surface area contributed by atoms with Crippen LogP contribution in [0.3, 0.4) is 0 Å². The van der Waals surface area contributed by atoms with Gasteiger partial charge >= 0.3 is 5.97 Å². The number of carbonyl (C=O) groups is 1. The predicted molar refractivity (Wildman–Crippen MR) is 50.1 cm³/mol. The molecule has 0 aromatic carbocycles. The predicted octanol–water partition coefficient (Wildman–Crippen LogP) is -0.250. The van der Waals surface area contributed by atoms with Crippen LogP contribution in [0.5, 0.6) is 0 Å². The minimum atomic E-state index is -1.15. The Hall–Kier alpha value is -1.70. The number of hydrogen-bond donors (Lipinski definition) is 2. The van der Waals surface area contributed by atoms with Crippen molar-refractivity contribution in [1.82, 2.24) is 9.36 Å². The SMILES string of the molecule is Nc1nsc(CCON=CC(=O)O)n1. The Balaban J connectivity index is 2.19. The van der Waals surface area contributed by atoms with E-state index in [1.165, 1.54) is 11.5 Å². The maximum absolute atomic E-state index is 9.97. The molecule has 14 heavy (non-hydrogen) atoms. The van der Waals surface area contributed by atoms with E-state index in [1.807, 2.05) is 0 Å². The molecular formula is C6H8N4O3S. The Morgan fingerprint density at radius 3 is 3.14 bits per heavy atom. The number of nitrogen functional groups attached to an aromatic ring is 1. The van der Waals surface area contributed by atoms with Crippen LogP contribution >= 0.6 is 11.5 Å². The largest absolute Gasteiger partial charge is 0.477 e. The molecule has 0 aliphatic heterocycles. The van der Waals surface area contributed by atoms with Gasteiger partial charge in [0.2, 0.25) is 5.95 Å². The van der Waals surface area contributed by atoms with Crippen molar-refractivity contribution in [2.24, 2.45) is 5.16 Å². The Morgan fingerprint density at radius 2 is 2.57 bits per heavy atom. The van der Waals surface area contributed by atoms with Gasteiger partial charge in [-0.25, -0.2) is 9.78 Å². The average molecular weight is 216 g/mol. The van der Waals surface area contributed by atoms with Crippen molar-refractivity contribution in [3.8, 4) is 0 Å². The topological polar surface area (TPSA) is 111 Å². The van der Waals surface area contributed by atoms with Crippen LogP contribution in [0.15, 0.2) is 5.16 Å². The summed E-state index contributed by atoms with van der Waals surface area (Å²) in [7, 11) is 0. The molecule has 0 bridgehead atoms. The molecule has 1 aromatic heterocycles. The first-order chi connectivity index (χ1) is 6.68. The molecule has 0 unspecified atom stereocenters. The summed E-state index contributed by atoms with van der Waals surface area (Å²) in [5.74, 6) is -0.913. The summed E-state index contributed by atoms with van der Waals surface area (Å²) in [6, 6.07) is 0. The zero-order chi connectivity index (χ0) is 10.4. The third-order valence-corrected chi connectivity index (χ3v) is 1.91. The number of carboxylic acid groups (broad SMARTS) is 1. The third-order valence-electron chi connectivity index (χ3n) is 1.13. The normalized spacial score (nSPS) is 10.6. The highest BCUT2D eigenvalue weighted by atomic mass is 32.1. The highest BCUT2D eigenvalue weighted by Crippen LogP contribution is 2.05. The highest BCUT2D eigenvalue weighted by Gasteiger charge is 1.99. The maximum Gasteiger partial charge on any atom is 0.350 e. The van der Waals surface area contributed by atoms with E-state index < -0.39 is 5.97 Å². The molecule has 0 aliphatic rings. The molecule has 0 aliphatic carbocycles. The second-order valence-corrected chi connectivity index (χ2v) is 3.04. The number of aromatic nitrogens is 2. The van der Waals surface area contributed by atoms with Crippen LogP contribution < -0.4 is 5.73 Å². The Kier molecular flexibility index (Phi) is 3.80. The monoisotopic (exact) mass is 216 g/mol. The summed E-state index contributed by atoms with van der Waals surface area (Å²) in [5.41, 5.74) is 5.29. The van der Waals surface area contributed by atoms with E-state index in [0.29, 0.717) is 12.6 Å². The summed E-state index contributed by atoms with van der Waals surface area (Å²) in [6.07, 6.45) is 1.18. The van der Waals surface area contributed by atoms with Crippen LogP contribution in [0, 0.1) is 0 Å². The van der Waals surface area contributed by atoms with Gasteiger partial charge in [0.05, 0.1) is 0 Å². The Bertz CT molecular complexity index is 338. The van der Waals surface area contributed by atoms with Crippen molar-refractivity contribution in [3.05, 3.63) is 5.01 Å². The van der Waals surface area contributed by atoms with Gasteiger partial charge in [-0.05, 0) is 11.5 Å². The van der Waals surface area contributed by atoms with Crippen LogP contribution in [0.2, 0.25) is 0 Å². The van der Waals surface area contributed by atoms with Crippen LogP contribution in [0.4, 0.5) is 5.95 Å². The van der Waals surface area contributed by atoms with E-state index >= 15 is 0 Å². The van der Waals surface area contributed by atoms with Crippen molar-refractivity contribution in [1.29, 1.82) is 0 Å². The number of rotatable bonds is 5. The van der Waals surface area contributed by atoms with Gasteiger partial charge in [0.25, 0.3) is 0 Å². The van der Waals surface area contributed by atoms with Crippen LogP contribution in [0.1, 0.15) is 5.01 Å². The second-order valence-electron chi connectivity index (χ2n) is 2.20. The molecule has 8 heteroatoms. The standard InChI is InChI=1S/C6H8N4O3S/c7-6-9-4(14-10-6)1-2-13-8-3-5(11)12/h3H,1-2H2,(H2,7,10)(H,11,12). The number of hydrogen-bond acceptors (Lipinski definition) is 7. The fourth-order valence-electron chi connectivity index (χ4n) is 0.638. The zero-order valence-electron chi connectivity index (χ0n) is 7.08. The van der Waals surface area contributed by atoms with Crippen molar-refractivity contribution >= 4 is 29.7 Å². The average Bonchev–Trinajstić information content (AvgIpc) is 2.50. The fourth-order valence-corrected chi connectivity index (χ4v) is 1.19. The second kappa shape index (κ2) is 5.12. The van der Waals surface area contributed by atoms with E-state index in [-0.39, 0.29) is 12.6 Å². The van der Waals surface area contributed by atoms with Crippen LogP contribution in [0.25, 0.3) is 0 Å². The molecule has 0 amide bonds. The Morgan fingerprint density at radius 1 is 1.79 bits per heavy atom. The van der Waals surface area contributed by atoms with E-state index in [2.05, 4.69) is 19.4 Å². The first kappa shape index (κ1) is 10.4. The molecule has 76 valence electrons. The van der Waals surface area contributed by atoms with Gasteiger partial charge in [-0.3, -0.25) is 0 Å². The molecule has 1 heterocycles. The van der Waals surface area contributed by atoms with Gasteiger partial charge in [0, 0.05) is 6.42 Å². The smallest absolute Gasteiger partial charge is 0.350 e. The van der Waals surface area contributed by atoms with E-state index in [1.54, 1.807) is 0 Å². The summed E-state index contributed by atoms with van der Waals surface area (Å²) in [4.78, 5) is 18.5. The van der Waals surface area contributed by atoms with Gasteiger partial charge in [-0.15, -0.1) is 0 Å². The van der Waals surface area contributed by atoms with Gasteiger partial charge in [0.1, 0.15) is 11.6 Å². The minimum absolute atomic E-state index is 0.235. The molecule has 7 nitrogen and oxygen atoms in total. The first-order valence-corrected chi connectivity index (χ1v) is 4.42. The molecule has 0 atom stereocenters. The van der Waals surface area contributed by atoms with Crippen molar-refractivity contribution in [2.75, 3.05) is 12.3 Å². The fraction of sp³-hybridized carbons (Fsp3) is 0.333. The lowest BCUT2D eigenvalue weighted by Crippen LogP contribution is -1.98. The molecule has 0 radical (unpaired) electrons. The van der Waals surface area contributed by atoms with Gasteiger partial charge in [-0.2, -0.15) is 4.37 Å². The number of carboxylic acids is 1. The minimum Gasteiger partial charge on any atom is -0.477 e. The number of aliphatic carboxylic acids is 1. The maximum atomic E-state index is 9.97. The van der Waals surface area contributed by atoms with Gasteiger partial charge < -0.3 is 15.7 Å². The van der Waals surface area contributed by atoms with Crippen molar-refractivity contribution in [2.45, 2.75) is 6.42 Å². The van der Waals surface area contributed by atoms with Crippen LogP contribution in [-0.4, -0.2) is 33.3 Å². The molecule has 0 saturated heterocycles. The number of oxime groups is 1. The lowest BCUT2D eigenvalue weighted by molar-refractivity contribution is -0.129. The quantitative estimate of drug-likeness (QED) is 0.399. The van der Waals surface area contributed by atoms with E-state index in [4.69, 9.17) is 10.8 Å². The molecule has 0 fully saturated rings. The zero-order valence-corrected chi connectivity index (χ0v) is 7.90. The third kappa shape index (κ3) is 3.81. The van der Waals surface area contributed by atoms with E-state index in [9.17, 15) is 4.79 Å². The molecule has 1 rings (SSSR count). The summed E-state index contributed by atoms with van der Waals surface area (Å²) < 4.78 is 3.76. The summed E-state index contributed by atoms with van der Waals surface area (Å²) in [6.45, 7) is 0.248. The first-order valence-electron chi connectivity index (χ1n) is 3.65. The summed E-state index contributed by atoms with van der Waals surface area (Å²) >= 11 is 1.18. The van der Waals surface area contributed by atoms with Crippen molar-refractivity contribution < 1.29 is 14.7 Å². The van der Waals surface area contributed by atoms with Gasteiger partial charge in [-0.1, -0.05) is 5.16 Å².